The second-order valence-corrected chi connectivity index (χ2v) is 7.76. The van der Waals surface area contributed by atoms with Gasteiger partial charge in [-0.25, -0.2) is 0 Å². The highest BCUT2D eigenvalue weighted by Crippen LogP contribution is 2.38. The van der Waals surface area contributed by atoms with E-state index in [9.17, 15) is 9.59 Å². The number of nitrogens with one attached hydrogen (secondary N) is 1. The number of hydrogen-bond donors (Lipinski definition) is 1. The third-order valence-corrected chi connectivity index (χ3v) is 4.75. The summed E-state index contributed by atoms with van der Waals surface area (Å²) < 4.78 is 6.78. The molecule has 0 saturated heterocycles. The second-order valence-electron chi connectivity index (χ2n) is 6.85. The molecule has 26 heavy (non-hydrogen) atoms. The zero-order chi connectivity index (χ0) is 18.9. The lowest BCUT2D eigenvalue weighted by Gasteiger charge is -2.38. The minimum Gasteiger partial charge on any atom is -0.476 e. The van der Waals surface area contributed by atoms with Gasteiger partial charge in [0.05, 0.1) is 5.69 Å². The Morgan fingerprint density at radius 3 is 2.58 bits per heavy atom. The fraction of sp³-hybridized carbons (Fsp3) is 0.300. The number of benzene rings is 2. The highest BCUT2D eigenvalue weighted by molar-refractivity contribution is 9.10. The van der Waals surface area contributed by atoms with Gasteiger partial charge in [0, 0.05) is 23.1 Å². The van der Waals surface area contributed by atoms with Crippen LogP contribution in [0, 0.1) is 6.92 Å². The first kappa shape index (κ1) is 18.5. The summed E-state index contributed by atoms with van der Waals surface area (Å²) in [5, 5.41) is 2.85. The first-order valence-corrected chi connectivity index (χ1v) is 9.22. The Balaban J connectivity index is 1.73. The summed E-state index contributed by atoms with van der Waals surface area (Å²) in [6.07, 6.45) is 0.200. The average molecular weight is 417 g/mol. The molecular formula is C20H21BrN2O3. The Morgan fingerprint density at radius 1 is 1.19 bits per heavy atom. The molecule has 1 heterocycles. The summed E-state index contributed by atoms with van der Waals surface area (Å²) in [5.74, 6) is 0.374. The maximum absolute atomic E-state index is 12.8. The number of carbonyl (C=O) groups excluding carboxylic acids is 2. The molecule has 0 bridgehead atoms. The fourth-order valence-corrected chi connectivity index (χ4v) is 3.13. The van der Waals surface area contributed by atoms with Crippen LogP contribution in [0.25, 0.3) is 0 Å². The van der Waals surface area contributed by atoms with E-state index >= 15 is 0 Å². The van der Waals surface area contributed by atoms with Crippen molar-refractivity contribution in [3.63, 3.8) is 0 Å². The van der Waals surface area contributed by atoms with Crippen molar-refractivity contribution in [2.45, 2.75) is 32.8 Å². The quantitative estimate of drug-likeness (QED) is 0.808. The largest absolute Gasteiger partial charge is 0.476 e. The van der Waals surface area contributed by atoms with E-state index in [1.165, 1.54) is 0 Å². The third kappa shape index (κ3) is 3.90. The first-order valence-electron chi connectivity index (χ1n) is 8.43. The van der Waals surface area contributed by atoms with Crippen LogP contribution in [0.5, 0.6) is 5.75 Å². The van der Waals surface area contributed by atoms with E-state index in [4.69, 9.17) is 4.74 Å². The van der Waals surface area contributed by atoms with Crippen LogP contribution in [0.15, 0.2) is 46.9 Å². The average Bonchev–Trinajstić information content (AvgIpc) is 2.58. The molecule has 0 aliphatic carbocycles. The summed E-state index contributed by atoms with van der Waals surface area (Å²) in [7, 11) is 0. The van der Waals surface area contributed by atoms with Gasteiger partial charge in [0.2, 0.25) is 5.91 Å². The maximum Gasteiger partial charge on any atom is 0.270 e. The van der Waals surface area contributed by atoms with Crippen molar-refractivity contribution < 1.29 is 14.3 Å². The highest BCUT2D eigenvalue weighted by atomic mass is 79.9. The minimum atomic E-state index is -0.954. The monoisotopic (exact) mass is 416 g/mol. The summed E-state index contributed by atoms with van der Waals surface area (Å²) in [6, 6.07) is 13.1. The number of ether oxygens (including phenoxy) is 1. The standard InChI is InChI=1S/C20H21BrN2O3/c1-13-4-9-17-16(12-13)23(19(25)20(2,3)26-17)11-10-18(24)22-15-7-5-14(21)6-8-15/h4-9,12H,10-11H2,1-3H3,(H,22,24). The number of amides is 2. The lowest BCUT2D eigenvalue weighted by molar-refractivity contribution is -0.132. The van der Waals surface area contributed by atoms with Crippen LogP contribution in [0.3, 0.4) is 0 Å². The smallest absolute Gasteiger partial charge is 0.270 e. The van der Waals surface area contributed by atoms with Gasteiger partial charge in [-0.1, -0.05) is 22.0 Å². The number of hydrogen-bond acceptors (Lipinski definition) is 3. The van der Waals surface area contributed by atoms with E-state index in [2.05, 4.69) is 21.2 Å². The van der Waals surface area contributed by atoms with Gasteiger partial charge in [-0.3, -0.25) is 9.59 Å². The summed E-state index contributed by atoms with van der Waals surface area (Å²) in [6.45, 7) is 5.74. The van der Waals surface area contributed by atoms with Gasteiger partial charge in [-0.15, -0.1) is 0 Å². The van der Waals surface area contributed by atoms with E-state index < -0.39 is 5.60 Å². The molecule has 136 valence electrons. The number of rotatable bonds is 4. The highest BCUT2D eigenvalue weighted by Gasteiger charge is 2.40. The Morgan fingerprint density at radius 2 is 1.88 bits per heavy atom. The van der Waals surface area contributed by atoms with E-state index in [0.29, 0.717) is 18.0 Å². The van der Waals surface area contributed by atoms with Crippen LogP contribution in [0.2, 0.25) is 0 Å². The predicted molar refractivity (Wildman–Crippen MR) is 106 cm³/mol. The van der Waals surface area contributed by atoms with Gasteiger partial charge in [0.15, 0.2) is 5.60 Å². The summed E-state index contributed by atoms with van der Waals surface area (Å²) in [5.41, 5.74) is 1.52. The molecule has 1 N–H and O–H groups in total. The zero-order valence-corrected chi connectivity index (χ0v) is 16.6. The van der Waals surface area contributed by atoms with Crippen molar-refractivity contribution in [1.82, 2.24) is 0 Å². The number of carbonyl (C=O) groups is 2. The third-order valence-electron chi connectivity index (χ3n) is 4.22. The molecule has 2 amide bonds. The molecule has 0 fully saturated rings. The van der Waals surface area contributed by atoms with Crippen LogP contribution in [0.1, 0.15) is 25.8 Å². The molecule has 0 saturated carbocycles. The SMILES string of the molecule is Cc1ccc2c(c1)N(CCC(=O)Nc1ccc(Br)cc1)C(=O)C(C)(C)O2. The lowest BCUT2D eigenvalue weighted by Crippen LogP contribution is -2.53. The number of aryl methyl sites for hydroxylation is 1. The van der Waals surface area contributed by atoms with Gasteiger partial charge in [0.1, 0.15) is 5.75 Å². The number of fused-ring (bicyclic) bond motifs is 1. The maximum atomic E-state index is 12.8. The van der Waals surface area contributed by atoms with Crippen molar-refractivity contribution in [2.75, 3.05) is 16.8 Å². The molecule has 0 radical (unpaired) electrons. The molecule has 3 rings (SSSR count). The molecule has 0 aromatic heterocycles. The van der Waals surface area contributed by atoms with Crippen LogP contribution in [0.4, 0.5) is 11.4 Å². The van der Waals surface area contributed by atoms with Crippen molar-refractivity contribution >= 4 is 39.1 Å². The molecule has 0 unspecified atom stereocenters. The van der Waals surface area contributed by atoms with Gasteiger partial charge >= 0.3 is 0 Å². The molecule has 0 spiro atoms. The molecular weight excluding hydrogens is 396 g/mol. The minimum absolute atomic E-state index is 0.140. The predicted octanol–water partition coefficient (Wildman–Crippen LogP) is 4.29. The Labute approximate surface area is 161 Å². The van der Waals surface area contributed by atoms with Crippen LogP contribution < -0.4 is 15.0 Å². The molecule has 2 aromatic carbocycles. The summed E-state index contributed by atoms with van der Waals surface area (Å²) >= 11 is 3.36. The molecule has 1 aliphatic heterocycles. The van der Waals surface area contributed by atoms with Gasteiger partial charge in [0.25, 0.3) is 5.91 Å². The van der Waals surface area contributed by atoms with E-state index in [0.717, 1.165) is 15.7 Å². The van der Waals surface area contributed by atoms with Crippen molar-refractivity contribution in [3.05, 3.63) is 52.5 Å². The van der Waals surface area contributed by atoms with Crippen molar-refractivity contribution in [1.29, 1.82) is 0 Å². The fourth-order valence-electron chi connectivity index (χ4n) is 2.87. The lowest BCUT2D eigenvalue weighted by atomic mass is 10.0. The van der Waals surface area contributed by atoms with Crippen LogP contribution >= 0.6 is 15.9 Å². The zero-order valence-electron chi connectivity index (χ0n) is 15.0. The van der Waals surface area contributed by atoms with Crippen LogP contribution in [-0.2, 0) is 9.59 Å². The number of anilines is 2. The Kier molecular flexibility index (Phi) is 5.05. The van der Waals surface area contributed by atoms with E-state index in [1.54, 1.807) is 18.7 Å². The normalized spacial score (nSPS) is 15.2. The van der Waals surface area contributed by atoms with Crippen molar-refractivity contribution in [3.8, 4) is 5.75 Å². The molecule has 0 atom stereocenters. The van der Waals surface area contributed by atoms with Crippen molar-refractivity contribution in [2.24, 2.45) is 0 Å². The Hall–Kier alpha value is -2.34. The second kappa shape index (κ2) is 7.11. The van der Waals surface area contributed by atoms with Gasteiger partial charge in [-0.05, 0) is 62.7 Å². The summed E-state index contributed by atoms with van der Waals surface area (Å²) in [4.78, 5) is 26.7. The molecule has 2 aromatic rings. The number of halogens is 1. The van der Waals surface area contributed by atoms with Gasteiger partial charge < -0.3 is 15.0 Å². The Bertz CT molecular complexity index is 847. The van der Waals surface area contributed by atoms with E-state index in [-0.39, 0.29) is 18.2 Å². The molecule has 1 aliphatic rings. The van der Waals surface area contributed by atoms with Crippen LogP contribution in [-0.4, -0.2) is 24.0 Å². The topological polar surface area (TPSA) is 58.6 Å². The first-order chi connectivity index (χ1) is 12.3. The molecule has 5 nitrogen and oxygen atoms in total. The number of nitrogens with zero attached hydrogens (tertiary/aromatic N) is 1. The molecule has 6 heteroatoms. The van der Waals surface area contributed by atoms with Gasteiger partial charge in [-0.2, -0.15) is 0 Å². The van der Waals surface area contributed by atoms with E-state index in [1.807, 2.05) is 49.4 Å².